The van der Waals surface area contributed by atoms with Gasteiger partial charge >= 0.3 is 0 Å². The highest BCUT2D eigenvalue weighted by Crippen LogP contribution is 2.51. The summed E-state index contributed by atoms with van der Waals surface area (Å²) in [4.78, 5) is 11.4. The molecule has 0 bridgehead atoms. The maximum Gasteiger partial charge on any atom is 0.274 e. The number of benzene rings is 3. The fraction of sp³-hybridized carbons (Fsp3) is 0.200. The lowest BCUT2D eigenvalue weighted by Crippen LogP contribution is -2.30. The SMILES string of the molecule is COc1ccc(NS(=O)(=O)c2ccc3c(c2)C2C=CCC2C(c2ccccc2[N+](=O)[O-])N3)cc1. The second-order valence-corrected chi connectivity index (χ2v) is 10.1. The van der Waals surface area contributed by atoms with Crippen molar-refractivity contribution in [2.75, 3.05) is 17.1 Å². The lowest BCUT2D eigenvalue weighted by Gasteiger charge is -2.37. The maximum atomic E-state index is 13.1. The fourth-order valence-corrected chi connectivity index (χ4v) is 5.93. The van der Waals surface area contributed by atoms with E-state index in [4.69, 9.17) is 4.74 Å². The van der Waals surface area contributed by atoms with Crippen LogP contribution in [0.25, 0.3) is 0 Å². The Morgan fingerprint density at radius 2 is 1.82 bits per heavy atom. The van der Waals surface area contributed by atoms with E-state index in [2.05, 4.69) is 22.2 Å². The minimum Gasteiger partial charge on any atom is -0.497 e. The first kappa shape index (κ1) is 22.0. The number of nitrogens with one attached hydrogen (secondary N) is 2. The van der Waals surface area contributed by atoms with Gasteiger partial charge in [-0.2, -0.15) is 0 Å². The van der Waals surface area contributed by atoms with Crippen LogP contribution in [-0.4, -0.2) is 20.5 Å². The zero-order valence-electron chi connectivity index (χ0n) is 18.3. The van der Waals surface area contributed by atoms with E-state index in [1.807, 2.05) is 0 Å². The monoisotopic (exact) mass is 477 g/mol. The van der Waals surface area contributed by atoms with Gasteiger partial charge in [-0.25, -0.2) is 8.42 Å². The summed E-state index contributed by atoms with van der Waals surface area (Å²) in [5.41, 5.74) is 2.80. The number of fused-ring (bicyclic) bond motifs is 3. The summed E-state index contributed by atoms with van der Waals surface area (Å²) in [5, 5.41) is 15.1. The minimum atomic E-state index is -3.81. The van der Waals surface area contributed by atoms with E-state index in [9.17, 15) is 18.5 Å². The second-order valence-electron chi connectivity index (χ2n) is 8.37. The predicted octanol–water partition coefficient (Wildman–Crippen LogP) is 5.23. The van der Waals surface area contributed by atoms with Crippen LogP contribution in [0.2, 0.25) is 0 Å². The number of rotatable bonds is 6. The normalized spacial score (nSPS) is 20.7. The third-order valence-corrected chi connectivity index (χ3v) is 7.83. The summed E-state index contributed by atoms with van der Waals surface area (Å²) in [6.07, 6.45) is 4.87. The Labute approximate surface area is 197 Å². The van der Waals surface area contributed by atoms with Crippen molar-refractivity contribution in [1.82, 2.24) is 0 Å². The summed E-state index contributed by atoms with van der Waals surface area (Å²) in [7, 11) is -2.26. The minimum absolute atomic E-state index is 0.0427. The summed E-state index contributed by atoms with van der Waals surface area (Å²) < 4.78 is 33.9. The Bertz CT molecular complexity index is 1390. The highest BCUT2D eigenvalue weighted by molar-refractivity contribution is 7.92. The zero-order valence-corrected chi connectivity index (χ0v) is 19.2. The smallest absolute Gasteiger partial charge is 0.274 e. The van der Waals surface area contributed by atoms with Crippen molar-refractivity contribution in [1.29, 1.82) is 0 Å². The second kappa shape index (κ2) is 8.49. The molecule has 0 amide bonds. The molecule has 1 aliphatic heterocycles. The van der Waals surface area contributed by atoms with Crippen LogP contribution in [0.4, 0.5) is 17.1 Å². The van der Waals surface area contributed by atoms with E-state index in [1.165, 1.54) is 6.07 Å². The van der Waals surface area contributed by atoms with Gasteiger partial charge in [0.2, 0.25) is 0 Å². The third-order valence-electron chi connectivity index (χ3n) is 6.46. The molecule has 2 aliphatic rings. The van der Waals surface area contributed by atoms with E-state index in [0.717, 1.165) is 17.7 Å². The Morgan fingerprint density at radius 1 is 1.06 bits per heavy atom. The quantitative estimate of drug-likeness (QED) is 0.286. The predicted molar refractivity (Wildman–Crippen MR) is 130 cm³/mol. The molecule has 0 fully saturated rings. The molecule has 3 aromatic rings. The molecular formula is C25H23N3O5S. The summed E-state index contributed by atoms with van der Waals surface area (Å²) >= 11 is 0. The van der Waals surface area contributed by atoms with Crippen molar-refractivity contribution in [2.45, 2.75) is 23.3 Å². The molecule has 2 N–H and O–H groups in total. The van der Waals surface area contributed by atoms with Crippen LogP contribution in [0.15, 0.2) is 83.8 Å². The third kappa shape index (κ3) is 3.88. The van der Waals surface area contributed by atoms with Crippen molar-refractivity contribution in [3.05, 3.63) is 100 Å². The summed E-state index contributed by atoms with van der Waals surface area (Å²) in [6.45, 7) is 0. The van der Waals surface area contributed by atoms with E-state index < -0.39 is 10.0 Å². The van der Waals surface area contributed by atoms with Crippen LogP contribution >= 0.6 is 0 Å². The molecule has 8 nitrogen and oxygen atoms in total. The van der Waals surface area contributed by atoms with Gasteiger partial charge in [-0.3, -0.25) is 14.8 Å². The number of nitro groups is 1. The van der Waals surface area contributed by atoms with Gasteiger partial charge in [0.05, 0.1) is 28.5 Å². The molecule has 1 aliphatic carbocycles. The number of methoxy groups -OCH3 is 1. The van der Waals surface area contributed by atoms with Crippen molar-refractivity contribution in [3.63, 3.8) is 0 Å². The number of anilines is 2. The highest BCUT2D eigenvalue weighted by Gasteiger charge is 2.40. The lowest BCUT2D eigenvalue weighted by atomic mass is 9.76. The molecule has 0 radical (unpaired) electrons. The summed E-state index contributed by atoms with van der Waals surface area (Å²) in [6, 6.07) is 18.1. The van der Waals surface area contributed by atoms with Crippen LogP contribution in [0.5, 0.6) is 5.75 Å². The Balaban J connectivity index is 1.48. The highest BCUT2D eigenvalue weighted by atomic mass is 32.2. The Morgan fingerprint density at radius 3 is 2.56 bits per heavy atom. The van der Waals surface area contributed by atoms with Gasteiger partial charge in [0.25, 0.3) is 15.7 Å². The molecule has 3 aromatic carbocycles. The standard InChI is InChI=1S/C25H23N3O5S/c1-33-17-11-9-16(10-12-17)27-34(31,32)18-13-14-23-22(15-18)19-6-4-7-20(19)25(26-23)21-5-2-3-8-24(21)28(29)30/h2-6,8-15,19-20,25-27H,7H2,1H3. The van der Waals surface area contributed by atoms with Crippen LogP contribution < -0.4 is 14.8 Å². The average molecular weight is 478 g/mol. The van der Waals surface area contributed by atoms with Gasteiger partial charge in [-0.15, -0.1) is 0 Å². The molecule has 174 valence electrons. The molecule has 9 heteroatoms. The molecule has 3 atom stereocenters. The van der Waals surface area contributed by atoms with Gasteiger partial charge in [-0.05, 0) is 60.4 Å². The molecule has 0 aromatic heterocycles. The molecule has 1 heterocycles. The van der Waals surface area contributed by atoms with Gasteiger partial charge in [0.15, 0.2) is 0 Å². The van der Waals surface area contributed by atoms with E-state index in [1.54, 1.807) is 67.8 Å². The zero-order chi connectivity index (χ0) is 23.9. The number of ether oxygens (including phenoxy) is 1. The topological polar surface area (TPSA) is 111 Å². The van der Waals surface area contributed by atoms with Gasteiger partial charge in [0.1, 0.15) is 5.75 Å². The molecule has 5 rings (SSSR count). The number of hydrogen-bond donors (Lipinski definition) is 2. The maximum absolute atomic E-state index is 13.1. The van der Waals surface area contributed by atoms with Crippen molar-refractivity contribution >= 4 is 27.1 Å². The van der Waals surface area contributed by atoms with E-state index in [-0.39, 0.29) is 33.4 Å². The van der Waals surface area contributed by atoms with Gasteiger partial charge < -0.3 is 10.1 Å². The first-order valence-corrected chi connectivity index (χ1v) is 12.3. The first-order valence-electron chi connectivity index (χ1n) is 10.8. The van der Waals surface area contributed by atoms with Gasteiger partial charge in [0, 0.05) is 23.4 Å². The molecule has 3 unspecified atom stereocenters. The number of allylic oxidation sites excluding steroid dienone is 2. The van der Waals surface area contributed by atoms with Gasteiger partial charge in [-0.1, -0.05) is 30.4 Å². The number of para-hydroxylation sites is 1. The first-order chi connectivity index (χ1) is 16.4. The summed E-state index contributed by atoms with van der Waals surface area (Å²) in [5.74, 6) is 0.633. The van der Waals surface area contributed by atoms with Crippen LogP contribution in [-0.2, 0) is 10.0 Å². The van der Waals surface area contributed by atoms with Crippen LogP contribution in [0, 0.1) is 16.0 Å². The Hall–Kier alpha value is -3.85. The lowest BCUT2D eigenvalue weighted by molar-refractivity contribution is -0.385. The Kier molecular flexibility index (Phi) is 5.49. The molecule has 0 saturated heterocycles. The van der Waals surface area contributed by atoms with Crippen LogP contribution in [0.1, 0.15) is 29.5 Å². The molecule has 0 spiro atoms. The van der Waals surface area contributed by atoms with Crippen LogP contribution in [0.3, 0.4) is 0 Å². The average Bonchev–Trinajstić information content (AvgIpc) is 3.34. The molecule has 34 heavy (non-hydrogen) atoms. The van der Waals surface area contributed by atoms with Crippen molar-refractivity contribution in [3.8, 4) is 5.75 Å². The molecular weight excluding hydrogens is 454 g/mol. The number of nitro benzene ring substituents is 1. The number of sulfonamides is 1. The van der Waals surface area contributed by atoms with E-state index in [0.29, 0.717) is 17.0 Å². The largest absolute Gasteiger partial charge is 0.497 e. The fourth-order valence-electron chi connectivity index (χ4n) is 4.84. The van der Waals surface area contributed by atoms with Crippen molar-refractivity contribution < 1.29 is 18.1 Å². The molecule has 0 saturated carbocycles. The van der Waals surface area contributed by atoms with Crippen molar-refractivity contribution in [2.24, 2.45) is 5.92 Å². The van der Waals surface area contributed by atoms with E-state index >= 15 is 0 Å². The number of hydrogen-bond acceptors (Lipinski definition) is 6. The number of nitrogens with zero attached hydrogens (tertiary/aromatic N) is 1.